The molecule has 2 heterocycles. The zero-order valence-corrected chi connectivity index (χ0v) is 26.8. The number of nitrogens with one attached hydrogen (secondary N) is 2. The lowest BCUT2D eigenvalue weighted by Gasteiger charge is -2.41. The van der Waals surface area contributed by atoms with Crippen LogP contribution in [-0.2, 0) is 28.5 Å². The average molecular weight is 624 g/mol. The zero-order chi connectivity index (χ0) is 33.5. The van der Waals surface area contributed by atoms with Crippen molar-refractivity contribution in [2.24, 2.45) is 5.92 Å². The number of rotatable bonds is 12. The Morgan fingerprint density at radius 2 is 1.64 bits per heavy atom. The lowest BCUT2D eigenvalue weighted by molar-refractivity contribution is -0.167. The second-order valence-corrected chi connectivity index (χ2v) is 12.0. The Bertz CT molecular complexity index is 1390. The number of hydrogen-bond donors (Lipinski definition) is 3. The summed E-state index contributed by atoms with van der Waals surface area (Å²) < 4.78 is 11.6. The van der Waals surface area contributed by atoms with Crippen molar-refractivity contribution < 1.29 is 38.4 Å². The van der Waals surface area contributed by atoms with E-state index in [0.29, 0.717) is 5.69 Å². The van der Waals surface area contributed by atoms with Crippen LogP contribution in [0, 0.1) is 5.92 Å². The lowest BCUT2D eigenvalue weighted by atomic mass is 9.70. The van der Waals surface area contributed by atoms with Crippen LogP contribution in [0.25, 0.3) is 11.3 Å². The SMILES string of the molecule is CC(C)C[C@H](NC(=O)[C@@H](NC(=O)c1cccc(-c2ccccc2)n1)[C@@H](C)O)B1OC(=O)C[C@](CC(=O)N(C)C)(C(=O)N(C)C)O1. The van der Waals surface area contributed by atoms with Gasteiger partial charge in [-0.2, -0.15) is 0 Å². The molecule has 4 amide bonds. The quantitative estimate of drug-likeness (QED) is 0.293. The number of pyridine rings is 1. The van der Waals surface area contributed by atoms with Gasteiger partial charge in [0.1, 0.15) is 11.7 Å². The Morgan fingerprint density at radius 1 is 0.978 bits per heavy atom. The molecule has 0 radical (unpaired) electrons. The van der Waals surface area contributed by atoms with Crippen molar-refractivity contribution in [2.45, 2.75) is 63.7 Å². The first-order valence-corrected chi connectivity index (χ1v) is 14.7. The predicted molar refractivity (Wildman–Crippen MR) is 166 cm³/mol. The van der Waals surface area contributed by atoms with Gasteiger partial charge in [0.05, 0.1) is 30.6 Å². The highest BCUT2D eigenvalue weighted by Gasteiger charge is 2.55. The van der Waals surface area contributed by atoms with Gasteiger partial charge in [-0.3, -0.25) is 24.0 Å². The number of amides is 4. The molecule has 0 aliphatic carbocycles. The third-order valence-electron chi connectivity index (χ3n) is 7.24. The fourth-order valence-electron chi connectivity index (χ4n) is 4.94. The summed E-state index contributed by atoms with van der Waals surface area (Å²) in [6, 6.07) is 12.7. The summed E-state index contributed by atoms with van der Waals surface area (Å²) in [6.45, 7) is 5.09. The van der Waals surface area contributed by atoms with Crippen LogP contribution in [0.4, 0.5) is 0 Å². The van der Waals surface area contributed by atoms with Crippen LogP contribution in [0.2, 0.25) is 0 Å². The van der Waals surface area contributed by atoms with Gasteiger partial charge in [-0.25, -0.2) is 4.98 Å². The van der Waals surface area contributed by atoms with Crippen LogP contribution in [0.5, 0.6) is 0 Å². The lowest BCUT2D eigenvalue weighted by Crippen LogP contribution is -2.65. The molecular formula is C31H42BN5O8. The summed E-state index contributed by atoms with van der Waals surface area (Å²) in [6.07, 6.45) is -2.01. The van der Waals surface area contributed by atoms with E-state index in [1.54, 1.807) is 12.1 Å². The van der Waals surface area contributed by atoms with E-state index in [1.807, 2.05) is 44.2 Å². The Labute approximate surface area is 263 Å². The van der Waals surface area contributed by atoms with Crippen molar-refractivity contribution in [1.29, 1.82) is 0 Å². The Kier molecular flexibility index (Phi) is 11.8. The molecule has 0 unspecified atom stereocenters. The van der Waals surface area contributed by atoms with Gasteiger partial charge >= 0.3 is 7.12 Å². The van der Waals surface area contributed by atoms with E-state index in [2.05, 4.69) is 15.6 Å². The van der Waals surface area contributed by atoms with E-state index in [9.17, 15) is 29.1 Å². The largest absolute Gasteiger partial charge is 0.552 e. The normalized spacial score (nSPS) is 18.3. The van der Waals surface area contributed by atoms with E-state index in [1.165, 1.54) is 51.0 Å². The molecule has 2 aromatic rings. The molecule has 242 valence electrons. The molecule has 1 aliphatic heterocycles. The predicted octanol–water partition coefficient (Wildman–Crippen LogP) is 1.05. The molecule has 4 atom stereocenters. The smallest absolute Gasteiger partial charge is 0.508 e. The first-order valence-electron chi connectivity index (χ1n) is 14.7. The maximum absolute atomic E-state index is 13.6. The third kappa shape index (κ3) is 9.11. The molecule has 0 bridgehead atoms. The highest BCUT2D eigenvalue weighted by molar-refractivity contribution is 6.50. The molecule has 3 rings (SSSR count). The Morgan fingerprint density at radius 3 is 2.22 bits per heavy atom. The molecule has 1 aromatic carbocycles. The van der Waals surface area contributed by atoms with Crippen LogP contribution in [0.3, 0.4) is 0 Å². The van der Waals surface area contributed by atoms with E-state index >= 15 is 0 Å². The molecule has 1 aromatic heterocycles. The number of aliphatic hydroxyl groups excluding tert-OH is 1. The van der Waals surface area contributed by atoms with Crippen molar-refractivity contribution in [3.05, 3.63) is 54.2 Å². The molecule has 45 heavy (non-hydrogen) atoms. The maximum Gasteiger partial charge on any atom is 0.552 e. The van der Waals surface area contributed by atoms with Gasteiger partial charge in [-0.1, -0.05) is 50.2 Å². The molecule has 1 fully saturated rings. The van der Waals surface area contributed by atoms with Gasteiger partial charge in [0.15, 0.2) is 5.60 Å². The topological polar surface area (TPSA) is 167 Å². The summed E-state index contributed by atoms with van der Waals surface area (Å²) in [7, 11) is 4.57. The third-order valence-corrected chi connectivity index (χ3v) is 7.24. The molecular weight excluding hydrogens is 581 g/mol. The summed E-state index contributed by atoms with van der Waals surface area (Å²) in [4.78, 5) is 72.7. The van der Waals surface area contributed by atoms with E-state index in [4.69, 9.17) is 9.31 Å². The van der Waals surface area contributed by atoms with Crippen molar-refractivity contribution in [2.75, 3.05) is 28.2 Å². The highest BCUT2D eigenvalue weighted by Crippen LogP contribution is 2.32. The highest BCUT2D eigenvalue weighted by atomic mass is 16.6. The molecule has 13 nitrogen and oxygen atoms in total. The Balaban J connectivity index is 1.86. The molecule has 14 heteroatoms. The zero-order valence-electron chi connectivity index (χ0n) is 26.8. The van der Waals surface area contributed by atoms with Crippen LogP contribution in [0.1, 0.15) is 50.5 Å². The van der Waals surface area contributed by atoms with Gasteiger partial charge in [0.2, 0.25) is 11.8 Å². The Hall–Kier alpha value is -4.30. The molecule has 0 saturated carbocycles. The number of carbonyl (C=O) groups is 5. The van der Waals surface area contributed by atoms with Crippen LogP contribution >= 0.6 is 0 Å². The number of hydrogen-bond acceptors (Lipinski definition) is 9. The van der Waals surface area contributed by atoms with Gasteiger partial charge < -0.3 is 34.8 Å². The van der Waals surface area contributed by atoms with Crippen molar-refractivity contribution in [3.8, 4) is 11.3 Å². The number of likely N-dealkylation sites (N-methyl/N-ethyl adjacent to an activating group) is 1. The monoisotopic (exact) mass is 623 g/mol. The molecule has 1 aliphatic rings. The first-order chi connectivity index (χ1) is 21.1. The van der Waals surface area contributed by atoms with E-state index in [-0.39, 0.29) is 18.0 Å². The van der Waals surface area contributed by atoms with Gasteiger partial charge in [0, 0.05) is 33.8 Å². The minimum absolute atomic E-state index is 0.0376. The maximum atomic E-state index is 13.6. The number of benzene rings is 1. The number of nitrogens with zero attached hydrogens (tertiary/aromatic N) is 3. The summed E-state index contributed by atoms with van der Waals surface area (Å²) in [5, 5.41) is 15.8. The van der Waals surface area contributed by atoms with Crippen molar-refractivity contribution in [1.82, 2.24) is 25.4 Å². The first kappa shape index (κ1) is 35.2. The molecule has 1 saturated heterocycles. The van der Waals surface area contributed by atoms with E-state index in [0.717, 1.165) is 5.56 Å². The second-order valence-electron chi connectivity index (χ2n) is 12.0. The fourth-order valence-corrected chi connectivity index (χ4v) is 4.94. The average Bonchev–Trinajstić information content (AvgIpc) is 2.98. The minimum Gasteiger partial charge on any atom is -0.508 e. The van der Waals surface area contributed by atoms with Crippen LogP contribution < -0.4 is 10.6 Å². The fraction of sp³-hybridized carbons (Fsp3) is 0.484. The molecule has 0 spiro atoms. The summed E-state index contributed by atoms with van der Waals surface area (Å²) >= 11 is 0. The van der Waals surface area contributed by atoms with Crippen LogP contribution in [0.15, 0.2) is 48.5 Å². The van der Waals surface area contributed by atoms with Crippen LogP contribution in [-0.4, -0.2) is 108 Å². The molecule has 3 N–H and O–H groups in total. The van der Waals surface area contributed by atoms with Crippen molar-refractivity contribution in [3.63, 3.8) is 0 Å². The number of aromatic nitrogens is 1. The second kappa shape index (κ2) is 15.1. The van der Waals surface area contributed by atoms with Gasteiger partial charge in [-0.05, 0) is 31.4 Å². The summed E-state index contributed by atoms with van der Waals surface area (Å²) in [5.74, 6) is -4.33. The number of aliphatic hydroxyl groups is 1. The van der Waals surface area contributed by atoms with Gasteiger partial charge in [0.25, 0.3) is 17.8 Å². The van der Waals surface area contributed by atoms with Gasteiger partial charge in [-0.15, -0.1) is 0 Å². The number of carbonyl (C=O) groups excluding carboxylic acids is 5. The summed E-state index contributed by atoms with van der Waals surface area (Å²) in [5.41, 5.74) is -0.474. The van der Waals surface area contributed by atoms with E-state index < -0.39 is 73.2 Å². The minimum atomic E-state index is -1.86. The standard InChI is InChI=1S/C31H42BN5O8/c1-19(2)16-24(32-44-26(40)18-31(45-32,30(43)37(6)7)17-25(39)36(4)5)34-29(42)27(20(3)38)35-28(41)23-15-11-14-22(33-23)21-12-9-8-10-13-21/h8-15,19-20,24,27,38H,16-18H2,1-7H3,(H,34,42)(H,35,41)/t20-,24+,27+,31-/m1/s1. The van der Waals surface area contributed by atoms with Crippen molar-refractivity contribution >= 4 is 36.7 Å².